The first-order valence-corrected chi connectivity index (χ1v) is 5.15. The fourth-order valence-electron chi connectivity index (χ4n) is 0.951. The minimum absolute atomic E-state index is 0.826. The Morgan fingerprint density at radius 3 is 1.78 bits per heavy atom. The van der Waals surface area contributed by atoms with Crippen LogP contribution in [0, 0.1) is 0 Å². The van der Waals surface area contributed by atoms with Crippen molar-refractivity contribution >= 4 is 16.9 Å². The van der Waals surface area contributed by atoms with Gasteiger partial charge in [0.05, 0.1) is 0 Å². The van der Waals surface area contributed by atoms with Crippen LogP contribution < -0.4 is 0 Å². The maximum atomic E-state index is 2.50. The molecule has 2 heteroatoms. The van der Waals surface area contributed by atoms with Crippen molar-refractivity contribution in [3.63, 3.8) is 0 Å². The molecule has 0 fully saturated rings. The molecule has 0 spiro atoms. The van der Waals surface area contributed by atoms with Crippen LogP contribution in [-0.4, -0.2) is 39.7 Å². The van der Waals surface area contributed by atoms with E-state index in [2.05, 4.69) is 25.7 Å². The van der Waals surface area contributed by atoms with E-state index in [-0.39, 0.29) is 0 Å². The summed E-state index contributed by atoms with van der Waals surface area (Å²) in [4.78, 5) is 3.33. The molecule has 1 nitrogen and oxygen atoms in total. The van der Waals surface area contributed by atoms with Crippen LogP contribution >= 0.6 is 0 Å². The van der Waals surface area contributed by atoms with Gasteiger partial charge in [-0.15, -0.1) is 0 Å². The SMILES string of the molecule is CCC([AsH2])N(CC)CC. The van der Waals surface area contributed by atoms with Crippen LogP contribution in [0.2, 0.25) is 0 Å². The molecule has 0 aromatic rings. The predicted molar refractivity (Wildman–Crippen MR) is 45.5 cm³/mol. The van der Waals surface area contributed by atoms with E-state index in [1.165, 1.54) is 19.5 Å². The molecule has 0 amide bonds. The molecule has 56 valence electrons. The standard InChI is InChI=1S/C7H18AsN/c1-4-7(8)9(5-2)6-3/h7H,4-6,8H2,1-3H3. The molecule has 0 aliphatic heterocycles. The first-order chi connectivity index (χ1) is 4.26. The quantitative estimate of drug-likeness (QED) is 0.591. The third-order valence-corrected chi connectivity index (χ3v) is 3.57. The Kier molecular flexibility index (Phi) is 5.62. The zero-order chi connectivity index (χ0) is 7.28. The van der Waals surface area contributed by atoms with Gasteiger partial charge in [0.25, 0.3) is 0 Å². The minimum atomic E-state index is 0.826. The molecule has 0 N–H and O–H groups in total. The van der Waals surface area contributed by atoms with E-state index in [4.69, 9.17) is 0 Å². The molecule has 0 saturated heterocycles. The zero-order valence-corrected chi connectivity index (χ0v) is 9.15. The first-order valence-electron chi connectivity index (χ1n) is 3.75. The van der Waals surface area contributed by atoms with Crippen LogP contribution in [0.15, 0.2) is 0 Å². The second kappa shape index (κ2) is 5.31. The monoisotopic (exact) mass is 191 g/mol. The van der Waals surface area contributed by atoms with Gasteiger partial charge in [-0.2, -0.15) is 0 Å². The molecule has 0 rings (SSSR count). The Balaban J connectivity index is 3.50. The molecular weight excluding hydrogens is 173 g/mol. The van der Waals surface area contributed by atoms with Gasteiger partial charge in [0.2, 0.25) is 0 Å². The van der Waals surface area contributed by atoms with Gasteiger partial charge in [-0.3, -0.25) is 0 Å². The summed E-state index contributed by atoms with van der Waals surface area (Å²) in [6.45, 7) is 9.11. The molecule has 0 aromatic carbocycles. The van der Waals surface area contributed by atoms with Crippen LogP contribution in [0.5, 0.6) is 0 Å². The van der Waals surface area contributed by atoms with Gasteiger partial charge in [0.15, 0.2) is 0 Å². The third-order valence-electron chi connectivity index (χ3n) is 1.70. The molecule has 2 unspecified atom stereocenters. The van der Waals surface area contributed by atoms with E-state index >= 15 is 0 Å². The van der Waals surface area contributed by atoms with Gasteiger partial charge in [-0.25, -0.2) is 0 Å². The maximum absolute atomic E-state index is 2.50. The topological polar surface area (TPSA) is 3.24 Å². The second-order valence-corrected chi connectivity index (χ2v) is 3.81. The molecule has 0 radical (unpaired) electrons. The van der Waals surface area contributed by atoms with Crippen LogP contribution in [0.25, 0.3) is 0 Å². The van der Waals surface area contributed by atoms with E-state index in [0.29, 0.717) is 0 Å². The summed E-state index contributed by atoms with van der Waals surface area (Å²) in [5.41, 5.74) is 0. The van der Waals surface area contributed by atoms with Crippen molar-refractivity contribution < 1.29 is 0 Å². The van der Waals surface area contributed by atoms with Gasteiger partial charge >= 0.3 is 66.9 Å². The van der Waals surface area contributed by atoms with E-state index < -0.39 is 0 Å². The summed E-state index contributed by atoms with van der Waals surface area (Å²) in [5, 5.41) is 0. The fraction of sp³-hybridized carbons (Fsp3) is 1.00. The van der Waals surface area contributed by atoms with E-state index in [1.807, 2.05) is 16.9 Å². The van der Waals surface area contributed by atoms with Crippen LogP contribution in [0.3, 0.4) is 0 Å². The number of nitrogens with zero attached hydrogens (tertiary/aromatic N) is 1. The van der Waals surface area contributed by atoms with Gasteiger partial charge in [0.1, 0.15) is 0 Å². The average molecular weight is 191 g/mol. The first kappa shape index (κ1) is 9.52. The molecule has 0 aromatic heterocycles. The Labute approximate surface area is 67.3 Å². The summed E-state index contributed by atoms with van der Waals surface area (Å²) in [7, 11) is 0. The molecule has 2 atom stereocenters. The van der Waals surface area contributed by atoms with Crippen molar-refractivity contribution in [2.45, 2.75) is 32.0 Å². The van der Waals surface area contributed by atoms with Crippen LogP contribution in [0.4, 0.5) is 0 Å². The normalized spacial score (nSPS) is 14.3. The Morgan fingerprint density at radius 1 is 1.22 bits per heavy atom. The number of hydrogen-bond donors (Lipinski definition) is 0. The Morgan fingerprint density at radius 2 is 1.67 bits per heavy atom. The second-order valence-electron chi connectivity index (χ2n) is 2.20. The van der Waals surface area contributed by atoms with Gasteiger partial charge in [-0.1, -0.05) is 0 Å². The van der Waals surface area contributed by atoms with Crippen molar-refractivity contribution in [2.24, 2.45) is 0 Å². The summed E-state index contributed by atoms with van der Waals surface area (Å²) in [6.07, 6.45) is 1.29. The van der Waals surface area contributed by atoms with E-state index in [9.17, 15) is 0 Å². The van der Waals surface area contributed by atoms with Crippen molar-refractivity contribution in [1.82, 2.24) is 4.90 Å². The predicted octanol–water partition coefficient (Wildman–Crippen LogP) is 0.697. The van der Waals surface area contributed by atoms with E-state index in [1.54, 1.807) is 0 Å². The fourth-order valence-corrected chi connectivity index (χ4v) is 1.84. The summed E-state index contributed by atoms with van der Waals surface area (Å²) < 4.78 is 0. The summed E-state index contributed by atoms with van der Waals surface area (Å²) in [6, 6.07) is 0. The Bertz CT molecular complexity index is 61.9. The molecule has 0 aliphatic rings. The average Bonchev–Trinajstić information content (AvgIpc) is 1.90. The molecular formula is C7H18AsN. The summed E-state index contributed by atoms with van der Waals surface area (Å²) in [5.74, 6) is 0. The number of hydrogen-bond acceptors (Lipinski definition) is 1. The van der Waals surface area contributed by atoms with Gasteiger partial charge in [0, 0.05) is 0 Å². The van der Waals surface area contributed by atoms with Crippen molar-refractivity contribution in [3.8, 4) is 0 Å². The van der Waals surface area contributed by atoms with Crippen molar-refractivity contribution in [1.29, 1.82) is 0 Å². The van der Waals surface area contributed by atoms with E-state index in [0.717, 1.165) is 4.83 Å². The van der Waals surface area contributed by atoms with Crippen LogP contribution in [0.1, 0.15) is 27.2 Å². The van der Waals surface area contributed by atoms with Gasteiger partial charge in [-0.05, 0) is 0 Å². The molecule has 9 heavy (non-hydrogen) atoms. The third kappa shape index (κ3) is 3.27. The molecule has 0 heterocycles. The van der Waals surface area contributed by atoms with Crippen molar-refractivity contribution in [2.75, 3.05) is 13.1 Å². The molecule has 0 saturated carbocycles. The van der Waals surface area contributed by atoms with Gasteiger partial charge < -0.3 is 0 Å². The molecule has 0 aliphatic carbocycles. The zero-order valence-electron chi connectivity index (χ0n) is 6.72. The van der Waals surface area contributed by atoms with Crippen LogP contribution in [-0.2, 0) is 0 Å². The summed E-state index contributed by atoms with van der Waals surface area (Å²) >= 11 is 1.85. The van der Waals surface area contributed by atoms with Crippen molar-refractivity contribution in [3.05, 3.63) is 0 Å². The molecule has 0 bridgehead atoms. The number of rotatable bonds is 4. The Hall–Kier alpha value is 0.518.